The van der Waals surface area contributed by atoms with E-state index < -0.39 is 13.0 Å². The lowest BCUT2D eigenvalue weighted by Crippen LogP contribution is -2.06. The van der Waals surface area contributed by atoms with Gasteiger partial charge in [0.1, 0.15) is 18.1 Å². The fraction of sp³-hybridized carbons (Fsp3) is 0.158. The van der Waals surface area contributed by atoms with Crippen molar-refractivity contribution in [3.05, 3.63) is 61.3 Å². The molecule has 1 N–H and O–H groups in total. The first-order chi connectivity index (χ1) is 14.1. The second kappa shape index (κ2) is 8.05. The number of halogens is 2. The molecule has 0 amide bonds. The number of rotatable bonds is 7. The number of nitrogens with one attached hydrogen (secondary N) is 1. The number of hydrogen-bond acceptors (Lipinski definition) is 6. The number of nitrogens with zero attached hydrogens (tertiary/aromatic N) is 6. The molecule has 0 aromatic carbocycles. The lowest BCUT2D eigenvalue weighted by atomic mass is 10.2. The highest BCUT2D eigenvalue weighted by atomic mass is 19.3. The lowest BCUT2D eigenvalue weighted by Gasteiger charge is -2.07. The van der Waals surface area contributed by atoms with Crippen molar-refractivity contribution in [2.24, 2.45) is 7.05 Å². The zero-order chi connectivity index (χ0) is 20.2. The lowest BCUT2D eigenvalue weighted by molar-refractivity contribution is 0.122. The van der Waals surface area contributed by atoms with Gasteiger partial charge in [-0.05, 0) is 18.2 Å². The van der Waals surface area contributed by atoms with Gasteiger partial charge in [-0.1, -0.05) is 6.07 Å². The first-order valence-corrected chi connectivity index (χ1v) is 8.73. The third kappa shape index (κ3) is 4.54. The van der Waals surface area contributed by atoms with E-state index in [2.05, 4.69) is 25.5 Å². The van der Waals surface area contributed by atoms with Crippen molar-refractivity contribution < 1.29 is 13.5 Å². The highest BCUT2D eigenvalue weighted by Crippen LogP contribution is 2.32. The summed E-state index contributed by atoms with van der Waals surface area (Å²) in [7, 11) is 1.81. The Balaban J connectivity index is 1.61. The zero-order valence-electron chi connectivity index (χ0n) is 15.4. The Morgan fingerprint density at radius 1 is 1.14 bits per heavy atom. The number of anilines is 2. The average Bonchev–Trinajstić information content (AvgIpc) is 3.28. The Kier molecular flexibility index (Phi) is 5.14. The number of hydrogen-bond donors (Lipinski definition) is 1. The van der Waals surface area contributed by atoms with Crippen molar-refractivity contribution in [3.8, 4) is 22.9 Å². The fourth-order valence-electron chi connectivity index (χ4n) is 2.70. The highest BCUT2D eigenvalue weighted by Gasteiger charge is 2.17. The molecule has 148 valence electrons. The Morgan fingerprint density at radius 2 is 2.03 bits per heavy atom. The molecule has 0 radical (unpaired) electrons. The van der Waals surface area contributed by atoms with Gasteiger partial charge >= 0.3 is 0 Å². The highest BCUT2D eigenvalue weighted by molar-refractivity contribution is 5.63. The van der Waals surface area contributed by atoms with E-state index in [1.54, 1.807) is 53.6 Å². The van der Waals surface area contributed by atoms with Gasteiger partial charge in [0.25, 0.3) is 6.43 Å². The summed E-state index contributed by atoms with van der Waals surface area (Å²) in [4.78, 5) is 8.49. The molecule has 0 aliphatic carbocycles. The van der Waals surface area contributed by atoms with Gasteiger partial charge in [0.05, 0.1) is 23.8 Å². The van der Waals surface area contributed by atoms with E-state index in [4.69, 9.17) is 4.74 Å². The van der Waals surface area contributed by atoms with Gasteiger partial charge < -0.3 is 10.1 Å². The van der Waals surface area contributed by atoms with Gasteiger partial charge in [-0.2, -0.15) is 10.2 Å². The topological polar surface area (TPSA) is 82.7 Å². The van der Waals surface area contributed by atoms with E-state index in [1.807, 2.05) is 13.2 Å². The summed E-state index contributed by atoms with van der Waals surface area (Å²) in [5.74, 6) is 1.35. The van der Waals surface area contributed by atoms with Crippen LogP contribution in [-0.2, 0) is 13.6 Å². The van der Waals surface area contributed by atoms with Crippen LogP contribution in [0.5, 0.6) is 11.5 Å². The summed E-state index contributed by atoms with van der Waals surface area (Å²) >= 11 is 0. The quantitative estimate of drug-likeness (QED) is 0.510. The van der Waals surface area contributed by atoms with Gasteiger partial charge in [0.15, 0.2) is 11.4 Å². The average molecular weight is 397 g/mol. The van der Waals surface area contributed by atoms with E-state index in [1.165, 1.54) is 6.20 Å². The molecular weight excluding hydrogens is 380 g/mol. The summed E-state index contributed by atoms with van der Waals surface area (Å²) in [6, 6.07) is 8.66. The summed E-state index contributed by atoms with van der Waals surface area (Å²) in [6.07, 6.45) is 5.57. The van der Waals surface area contributed by atoms with Crippen molar-refractivity contribution in [2.45, 2.75) is 13.0 Å². The molecule has 0 aliphatic rings. The van der Waals surface area contributed by atoms with Gasteiger partial charge in [-0.25, -0.2) is 13.8 Å². The van der Waals surface area contributed by atoms with Gasteiger partial charge in [0, 0.05) is 31.7 Å². The van der Waals surface area contributed by atoms with Gasteiger partial charge in [-0.3, -0.25) is 14.3 Å². The molecule has 0 atom stereocenters. The maximum atomic E-state index is 12.8. The molecule has 0 unspecified atom stereocenters. The fourth-order valence-corrected chi connectivity index (χ4v) is 2.70. The van der Waals surface area contributed by atoms with Crippen LogP contribution >= 0.6 is 0 Å². The Labute approximate surface area is 164 Å². The normalized spacial score (nSPS) is 11.0. The summed E-state index contributed by atoms with van der Waals surface area (Å²) < 4.78 is 34.4. The largest absolute Gasteiger partial charge is 0.453 e. The SMILES string of the molecule is Cn1cc(Nc2cc(Oc3cn(CC(F)F)nc3-c3ccccn3)ccn2)cn1. The van der Waals surface area contributed by atoms with Gasteiger partial charge in [0.2, 0.25) is 0 Å². The predicted molar refractivity (Wildman–Crippen MR) is 102 cm³/mol. The molecule has 8 nitrogen and oxygen atoms in total. The van der Waals surface area contributed by atoms with Crippen molar-refractivity contribution >= 4 is 11.5 Å². The molecule has 0 aliphatic heterocycles. The Morgan fingerprint density at radius 3 is 2.76 bits per heavy atom. The maximum absolute atomic E-state index is 12.8. The van der Waals surface area contributed by atoms with Crippen molar-refractivity contribution in [1.29, 1.82) is 0 Å². The molecule has 0 spiro atoms. The molecule has 4 aromatic heterocycles. The molecular formula is C19H17F2N7O. The summed E-state index contributed by atoms with van der Waals surface area (Å²) in [6.45, 7) is -0.534. The predicted octanol–water partition coefficient (Wildman–Crippen LogP) is 3.87. The third-order valence-electron chi connectivity index (χ3n) is 3.90. The number of alkyl halides is 2. The van der Waals surface area contributed by atoms with E-state index >= 15 is 0 Å². The van der Waals surface area contributed by atoms with Crippen LogP contribution in [0.25, 0.3) is 11.4 Å². The minimum Gasteiger partial charge on any atom is -0.453 e. The molecule has 0 bridgehead atoms. The van der Waals surface area contributed by atoms with E-state index in [9.17, 15) is 8.78 Å². The van der Waals surface area contributed by atoms with Crippen LogP contribution in [0.15, 0.2) is 61.3 Å². The van der Waals surface area contributed by atoms with Crippen LogP contribution in [0.2, 0.25) is 0 Å². The summed E-state index contributed by atoms with van der Waals surface area (Å²) in [5, 5.41) is 11.4. The van der Waals surface area contributed by atoms with Crippen LogP contribution < -0.4 is 10.1 Å². The Hall–Kier alpha value is -3.82. The van der Waals surface area contributed by atoms with Crippen LogP contribution in [0, 0.1) is 0 Å². The van der Waals surface area contributed by atoms with Gasteiger partial charge in [-0.15, -0.1) is 0 Å². The molecule has 29 heavy (non-hydrogen) atoms. The molecule has 0 fully saturated rings. The molecule has 4 aromatic rings. The molecule has 0 saturated heterocycles. The standard InChI is InChI=1S/C19H17F2N7O/c1-27-10-13(9-24-27)25-18-8-14(5-7-23-18)29-16-11-28(12-17(20)21)26-19(16)15-4-2-3-6-22-15/h2-11,17H,12H2,1H3,(H,23,25). The molecule has 4 rings (SSSR count). The second-order valence-electron chi connectivity index (χ2n) is 6.18. The van der Waals surface area contributed by atoms with Crippen LogP contribution in [0.1, 0.15) is 0 Å². The Bertz CT molecular complexity index is 1090. The monoisotopic (exact) mass is 397 g/mol. The maximum Gasteiger partial charge on any atom is 0.257 e. The van der Waals surface area contributed by atoms with Crippen LogP contribution in [-0.4, -0.2) is 36.0 Å². The van der Waals surface area contributed by atoms with Crippen molar-refractivity contribution in [3.63, 3.8) is 0 Å². The first kappa shape index (κ1) is 18.5. The smallest absolute Gasteiger partial charge is 0.257 e. The number of pyridine rings is 2. The number of aromatic nitrogens is 6. The molecule has 10 heteroatoms. The van der Waals surface area contributed by atoms with Crippen molar-refractivity contribution in [1.82, 2.24) is 29.5 Å². The summed E-state index contributed by atoms with van der Waals surface area (Å²) in [5.41, 5.74) is 1.68. The van der Waals surface area contributed by atoms with E-state index in [0.717, 1.165) is 10.4 Å². The number of aryl methyl sites for hydroxylation is 1. The van der Waals surface area contributed by atoms with E-state index in [0.29, 0.717) is 28.7 Å². The number of ether oxygens (including phenoxy) is 1. The van der Waals surface area contributed by atoms with Crippen molar-refractivity contribution in [2.75, 3.05) is 5.32 Å². The minimum absolute atomic E-state index is 0.322. The minimum atomic E-state index is -2.53. The second-order valence-corrected chi connectivity index (χ2v) is 6.18. The van der Waals surface area contributed by atoms with Crippen LogP contribution in [0.3, 0.4) is 0 Å². The first-order valence-electron chi connectivity index (χ1n) is 8.73. The third-order valence-corrected chi connectivity index (χ3v) is 3.90. The van der Waals surface area contributed by atoms with E-state index in [-0.39, 0.29) is 0 Å². The molecule has 4 heterocycles. The molecule has 0 saturated carbocycles. The van der Waals surface area contributed by atoms with Crippen LogP contribution in [0.4, 0.5) is 20.3 Å². The zero-order valence-corrected chi connectivity index (χ0v) is 15.4.